The first-order valence-electron chi connectivity index (χ1n) is 13.3. The van der Waals surface area contributed by atoms with E-state index in [0.29, 0.717) is 11.6 Å². The fraction of sp³-hybridized carbons (Fsp3) is 0.448. The number of aromatic nitrogens is 3. The topological polar surface area (TPSA) is 92.3 Å². The molecule has 1 saturated heterocycles. The second-order valence-electron chi connectivity index (χ2n) is 9.91. The van der Waals surface area contributed by atoms with Crippen molar-refractivity contribution in [2.45, 2.75) is 58.9 Å². The van der Waals surface area contributed by atoms with Gasteiger partial charge in [0.05, 0.1) is 0 Å². The van der Waals surface area contributed by atoms with E-state index in [0.717, 1.165) is 41.9 Å². The third-order valence-corrected chi connectivity index (χ3v) is 6.45. The second kappa shape index (κ2) is 13.0. The fourth-order valence-corrected chi connectivity index (χ4v) is 4.70. The van der Waals surface area contributed by atoms with Crippen LogP contribution in [0, 0.1) is 5.92 Å². The van der Waals surface area contributed by atoms with Crippen molar-refractivity contribution in [2.24, 2.45) is 5.92 Å². The molecule has 3 heterocycles. The standard InChI is InChI=1S/C29H38N6O2/c1-4-7-22-8-6-16-35(17-13-22)27-19-26(32-24-11-14-30-15-12-24)33-29(34-27)23-9-5-10-25(18-23)37-20-28(36)31-21(2)3/h5,9-12,14-15,18-19,21-22H,4,6-8,13,16-17,20H2,1-3H3,(H,31,36)(H,30,32,33,34). The van der Waals surface area contributed by atoms with Crippen molar-refractivity contribution in [3.05, 3.63) is 54.9 Å². The Hall–Kier alpha value is -3.68. The number of benzene rings is 1. The monoisotopic (exact) mass is 502 g/mol. The quantitative estimate of drug-likeness (QED) is 0.373. The first-order chi connectivity index (χ1) is 18.0. The van der Waals surface area contributed by atoms with Crippen LogP contribution in [0.1, 0.15) is 52.9 Å². The number of hydrogen-bond donors (Lipinski definition) is 2. The van der Waals surface area contributed by atoms with Crippen LogP contribution in [0.25, 0.3) is 11.4 Å². The number of rotatable bonds is 10. The van der Waals surface area contributed by atoms with Gasteiger partial charge in [0, 0.05) is 48.8 Å². The zero-order chi connectivity index (χ0) is 26.0. The molecule has 37 heavy (non-hydrogen) atoms. The molecular formula is C29H38N6O2. The molecule has 2 aromatic heterocycles. The van der Waals surface area contributed by atoms with Crippen LogP contribution in [0.2, 0.25) is 0 Å². The Balaban J connectivity index is 1.60. The van der Waals surface area contributed by atoms with E-state index >= 15 is 0 Å². The molecule has 0 spiro atoms. The number of nitrogens with zero attached hydrogens (tertiary/aromatic N) is 4. The van der Waals surface area contributed by atoms with Gasteiger partial charge in [-0.25, -0.2) is 9.97 Å². The van der Waals surface area contributed by atoms with Crippen LogP contribution < -0.4 is 20.3 Å². The summed E-state index contributed by atoms with van der Waals surface area (Å²) >= 11 is 0. The van der Waals surface area contributed by atoms with Gasteiger partial charge in [-0.2, -0.15) is 0 Å². The smallest absolute Gasteiger partial charge is 0.258 e. The number of carbonyl (C=O) groups is 1. The highest BCUT2D eigenvalue weighted by molar-refractivity contribution is 5.77. The number of carbonyl (C=O) groups excluding carboxylic acids is 1. The van der Waals surface area contributed by atoms with Crippen LogP contribution in [0.4, 0.5) is 17.3 Å². The summed E-state index contributed by atoms with van der Waals surface area (Å²) in [5.41, 5.74) is 1.75. The summed E-state index contributed by atoms with van der Waals surface area (Å²) in [6.45, 7) is 8.06. The predicted octanol–water partition coefficient (Wildman–Crippen LogP) is 5.59. The molecule has 1 aromatic carbocycles. The van der Waals surface area contributed by atoms with E-state index in [9.17, 15) is 4.79 Å². The maximum absolute atomic E-state index is 12.0. The highest BCUT2D eigenvalue weighted by atomic mass is 16.5. The minimum Gasteiger partial charge on any atom is -0.484 e. The molecular weight excluding hydrogens is 464 g/mol. The molecule has 4 rings (SSSR count). The minimum absolute atomic E-state index is 0.0376. The van der Waals surface area contributed by atoms with Crippen LogP contribution in [0.3, 0.4) is 0 Å². The zero-order valence-electron chi connectivity index (χ0n) is 22.1. The summed E-state index contributed by atoms with van der Waals surface area (Å²) in [7, 11) is 0. The molecule has 196 valence electrons. The summed E-state index contributed by atoms with van der Waals surface area (Å²) in [5.74, 6) is 3.49. The Bertz CT molecular complexity index is 1150. The number of anilines is 3. The van der Waals surface area contributed by atoms with Gasteiger partial charge in [-0.1, -0.05) is 31.9 Å². The molecule has 8 nitrogen and oxygen atoms in total. The molecule has 1 amide bonds. The third-order valence-electron chi connectivity index (χ3n) is 6.45. The van der Waals surface area contributed by atoms with E-state index < -0.39 is 0 Å². The highest BCUT2D eigenvalue weighted by Gasteiger charge is 2.19. The largest absolute Gasteiger partial charge is 0.484 e. The van der Waals surface area contributed by atoms with Crippen molar-refractivity contribution in [1.82, 2.24) is 20.3 Å². The number of pyridine rings is 1. The summed E-state index contributed by atoms with van der Waals surface area (Å²) in [6, 6.07) is 13.5. The lowest BCUT2D eigenvalue weighted by Gasteiger charge is -2.23. The van der Waals surface area contributed by atoms with Gasteiger partial charge in [-0.05, 0) is 63.3 Å². The number of nitrogens with one attached hydrogen (secondary N) is 2. The minimum atomic E-state index is -0.148. The molecule has 1 atom stereocenters. The van der Waals surface area contributed by atoms with E-state index in [1.54, 1.807) is 12.4 Å². The van der Waals surface area contributed by atoms with Crippen LogP contribution in [0.15, 0.2) is 54.9 Å². The molecule has 0 radical (unpaired) electrons. The molecule has 1 fully saturated rings. The highest BCUT2D eigenvalue weighted by Crippen LogP contribution is 2.29. The molecule has 2 N–H and O–H groups in total. The van der Waals surface area contributed by atoms with E-state index in [1.807, 2.05) is 56.3 Å². The summed E-state index contributed by atoms with van der Waals surface area (Å²) < 4.78 is 5.75. The average molecular weight is 503 g/mol. The maximum Gasteiger partial charge on any atom is 0.258 e. The molecule has 1 aliphatic rings. The zero-order valence-corrected chi connectivity index (χ0v) is 22.1. The van der Waals surface area contributed by atoms with Crippen molar-refractivity contribution >= 4 is 23.2 Å². The normalized spacial score (nSPS) is 15.8. The number of hydrogen-bond acceptors (Lipinski definition) is 7. The van der Waals surface area contributed by atoms with Gasteiger partial charge in [0.1, 0.15) is 17.4 Å². The first-order valence-corrected chi connectivity index (χ1v) is 13.3. The molecule has 1 aliphatic heterocycles. The lowest BCUT2D eigenvalue weighted by atomic mass is 9.96. The Kier molecular flexibility index (Phi) is 9.29. The molecule has 0 saturated carbocycles. The van der Waals surface area contributed by atoms with E-state index in [4.69, 9.17) is 14.7 Å². The fourth-order valence-electron chi connectivity index (χ4n) is 4.70. The molecule has 0 aliphatic carbocycles. The van der Waals surface area contributed by atoms with Gasteiger partial charge in [-0.15, -0.1) is 0 Å². The predicted molar refractivity (Wildman–Crippen MR) is 148 cm³/mol. The number of amides is 1. The van der Waals surface area contributed by atoms with Crippen molar-refractivity contribution < 1.29 is 9.53 Å². The third kappa shape index (κ3) is 7.90. The van der Waals surface area contributed by atoms with Crippen LogP contribution in [-0.4, -0.2) is 46.6 Å². The van der Waals surface area contributed by atoms with Gasteiger partial charge in [0.2, 0.25) is 0 Å². The second-order valence-corrected chi connectivity index (χ2v) is 9.91. The Morgan fingerprint density at radius 1 is 1.11 bits per heavy atom. The first kappa shape index (κ1) is 26.4. The molecule has 1 unspecified atom stereocenters. The van der Waals surface area contributed by atoms with Crippen LogP contribution >= 0.6 is 0 Å². The molecule has 3 aromatic rings. The summed E-state index contributed by atoms with van der Waals surface area (Å²) in [6.07, 6.45) is 9.66. The van der Waals surface area contributed by atoms with E-state index in [2.05, 4.69) is 27.4 Å². The van der Waals surface area contributed by atoms with Crippen molar-refractivity contribution in [3.63, 3.8) is 0 Å². The SMILES string of the molecule is CCCC1CCCN(c2cc(Nc3ccncc3)nc(-c3cccc(OCC(=O)NC(C)C)c3)n2)CC1. The summed E-state index contributed by atoms with van der Waals surface area (Å²) in [4.78, 5) is 28.3. The van der Waals surface area contributed by atoms with E-state index in [-0.39, 0.29) is 18.6 Å². The van der Waals surface area contributed by atoms with Gasteiger partial charge >= 0.3 is 0 Å². The maximum atomic E-state index is 12.0. The lowest BCUT2D eigenvalue weighted by Crippen LogP contribution is -2.34. The van der Waals surface area contributed by atoms with Gasteiger partial charge in [0.15, 0.2) is 12.4 Å². The van der Waals surface area contributed by atoms with Gasteiger partial charge in [0.25, 0.3) is 5.91 Å². The van der Waals surface area contributed by atoms with Crippen molar-refractivity contribution in [1.29, 1.82) is 0 Å². The van der Waals surface area contributed by atoms with Crippen LogP contribution in [-0.2, 0) is 4.79 Å². The average Bonchev–Trinajstić information content (AvgIpc) is 3.14. The Morgan fingerprint density at radius 3 is 2.73 bits per heavy atom. The van der Waals surface area contributed by atoms with Gasteiger partial charge in [-0.3, -0.25) is 9.78 Å². The molecule has 8 heteroatoms. The van der Waals surface area contributed by atoms with Crippen molar-refractivity contribution in [3.8, 4) is 17.1 Å². The lowest BCUT2D eigenvalue weighted by molar-refractivity contribution is -0.123. The Morgan fingerprint density at radius 2 is 1.95 bits per heavy atom. The van der Waals surface area contributed by atoms with Crippen LogP contribution in [0.5, 0.6) is 5.75 Å². The summed E-state index contributed by atoms with van der Waals surface area (Å²) in [5, 5.41) is 6.25. The molecule has 0 bridgehead atoms. The number of ether oxygens (including phenoxy) is 1. The Labute approximate surface area is 219 Å². The van der Waals surface area contributed by atoms with Gasteiger partial charge < -0.3 is 20.3 Å². The van der Waals surface area contributed by atoms with Crippen molar-refractivity contribution in [2.75, 3.05) is 29.9 Å². The van der Waals surface area contributed by atoms with E-state index in [1.165, 1.54) is 32.1 Å².